The number of allylic oxidation sites excluding steroid dienone is 1. The number of methoxy groups -OCH3 is 1. The number of aryl methyl sites for hydroxylation is 1. The minimum Gasteiger partial charge on any atom is -0.493 e. The molecule has 0 amide bonds. The number of rotatable bonds is 12. The van der Waals surface area contributed by atoms with Gasteiger partial charge in [-0.2, -0.15) is 9.78 Å². The molecule has 8 nitrogen and oxygen atoms in total. The van der Waals surface area contributed by atoms with Gasteiger partial charge in [0.15, 0.2) is 18.1 Å². The Morgan fingerprint density at radius 2 is 2.06 bits per heavy atom. The fourth-order valence-electron chi connectivity index (χ4n) is 3.65. The number of halogens is 1. The van der Waals surface area contributed by atoms with Gasteiger partial charge in [-0.1, -0.05) is 35.4 Å². The van der Waals surface area contributed by atoms with E-state index in [-0.39, 0.29) is 18.8 Å². The van der Waals surface area contributed by atoms with Crippen molar-refractivity contribution in [2.75, 3.05) is 20.3 Å². The quantitative estimate of drug-likeness (QED) is 0.176. The van der Waals surface area contributed by atoms with Crippen LogP contribution in [-0.2, 0) is 22.4 Å². The van der Waals surface area contributed by atoms with Gasteiger partial charge in [-0.3, -0.25) is 4.79 Å². The van der Waals surface area contributed by atoms with Crippen LogP contribution in [0.5, 0.6) is 11.5 Å². The first-order chi connectivity index (χ1) is 17.4. The Morgan fingerprint density at radius 3 is 2.75 bits per heavy atom. The molecule has 0 bridgehead atoms. The zero-order valence-corrected chi connectivity index (χ0v) is 22.3. The normalized spacial score (nSPS) is 11.1. The topological polar surface area (TPSA) is 92.0 Å². The van der Waals surface area contributed by atoms with E-state index in [4.69, 9.17) is 19.2 Å². The highest BCUT2D eigenvalue weighted by atomic mass is 79.9. The van der Waals surface area contributed by atoms with E-state index in [1.54, 1.807) is 31.3 Å². The average molecular weight is 556 g/mol. The molecule has 0 N–H and O–H groups in total. The zero-order valence-electron chi connectivity index (χ0n) is 20.8. The van der Waals surface area contributed by atoms with Crippen LogP contribution in [0.1, 0.15) is 43.6 Å². The van der Waals surface area contributed by atoms with Gasteiger partial charge in [0, 0.05) is 16.5 Å². The number of fused-ring (bicyclic) bond motifs is 1. The molecule has 36 heavy (non-hydrogen) atoms. The largest absolute Gasteiger partial charge is 0.493 e. The number of benzene rings is 2. The van der Waals surface area contributed by atoms with Crippen LogP contribution in [0.3, 0.4) is 0 Å². The number of nitrogens with zero attached hydrogens (tertiary/aromatic N) is 3. The van der Waals surface area contributed by atoms with Crippen LogP contribution in [-0.4, -0.2) is 42.2 Å². The molecule has 0 fully saturated rings. The molecular weight excluding hydrogens is 526 g/mol. The molecule has 0 spiro atoms. The predicted octanol–water partition coefficient (Wildman–Crippen LogP) is 5.06. The van der Waals surface area contributed by atoms with E-state index in [0.717, 1.165) is 22.9 Å². The highest BCUT2D eigenvalue weighted by Crippen LogP contribution is 2.33. The summed E-state index contributed by atoms with van der Waals surface area (Å²) >= 11 is 3.43. The van der Waals surface area contributed by atoms with Crippen molar-refractivity contribution in [1.82, 2.24) is 9.66 Å². The Balaban J connectivity index is 2.04. The molecule has 1 aromatic heterocycles. The monoisotopic (exact) mass is 555 g/mol. The fourth-order valence-corrected chi connectivity index (χ4v) is 4.01. The van der Waals surface area contributed by atoms with Crippen molar-refractivity contribution in [3.8, 4) is 11.5 Å². The van der Waals surface area contributed by atoms with E-state index in [2.05, 4.69) is 34.5 Å². The molecule has 0 saturated heterocycles. The van der Waals surface area contributed by atoms with Crippen molar-refractivity contribution in [1.29, 1.82) is 0 Å². The highest BCUT2D eigenvalue weighted by molar-refractivity contribution is 9.10. The maximum Gasteiger partial charge on any atom is 0.344 e. The van der Waals surface area contributed by atoms with E-state index in [0.29, 0.717) is 46.6 Å². The Hall–Kier alpha value is -3.46. The van der Waals surface area contributed by atoms with Gasteiger partial charge in [0.25, 0.3) is 5.56 Å². The van der Waals surface area contributed by atoms with Crippen LogP contribution in [0.4, 0.5) is 0 Å². The summed E-state index contributed by atoms with van der Waals surface area (Å²) in [4.78, 5) is 29.8. The standard InChI is InChI=1S/C27H30BrN3O5/c1-5-8-10-24-30-22-12-11-20(28)15-21(22)27(33)31(24)29-16-18-13-19(9-6-2)26(23(14-18)34-4)36-17-25(32)35-7-3/h6,11-16H,2,5,7-10,17H2,1,3-4H3. The molecule has 190 valence electrons. The van der Waals surface area contributed by atoms with Crippen molar-refractivity contribution in [3.63, 3.8) is 0 Å². The summed E-state index contributed by atoms with van der Waals surface area (Å²) in [5, 5.41) is 5.00. The van der Waals surface area contributed by atoms with E-state index in [1.807, 2.05) is 18.2 Å². The number of hydrogen-bond acceptors (Lipinski definition) is 7. The number of hydrogen-bond donors (Lipinski definition) is 0. The molecule has 0 saturated carbocycles. The Labute approximate surface area is 218 Å². The van der Waals surface area contributed by atoms with Gasteiger partial charge in [-0.25, -0.2) is 9.78 Å². The van der Waals surface area contributed by atoms with Crippen molar-refractivity contribution in [3.05, 3.63) is 74.8 Å². The van der Waals surface area contributed by atoms with Gasteiger partial charge in [-0.05, 0) is 55.7 Å². The van der Waals surface area contributed by atoms with E-state index in [1.165, 1.54) is 11.8 Å². The summed E-state index contributed by atoms with van der Waals surface area (Å²) < 4.78 is 18.4. The molecule has 0 aliphatic rings. The number of aromatic nitrogens is 2. The molecule has 0 aliphatic carbocycles. The second-order valence-corrected chi connectivity index (χ2v) is 8.87. The average Bonchev–Trinajstić information content (AvgIpc) is 2.86. The number of ether oxygens (including phenoxy) is 3. The highest BCUT2D eigenvalue weighted by Gasteiger charge is 2.15. The molecule has 0 aliphatic heterocycles. The third kappa shape index (κ3) is 6.60. The van der Waals surface area contributed by atoms with Crippen molar-refractivity contribution in [2.24, 2.45) is 5.10 Å². The third-order valence-corrected chi connectivity index (χ3v) is 5.82. The van der Waals surface area contributed by atoms with Crippen LogP contribution in [0.25, 0.3) is 10.9 Å². The first kappa shape index (κ1) is 27.1. The molecule has 2 aromatic carbocycles. The Kier molecular flexibility index (Phi) is 9.81. The molecule has 0 unspecified atom stereocenters. The second-order valence-electron chi connectivity index (χ2n) is 7.95. The second kappa shape index (κ2) is 13.0. The Bertz CT molecular complexity index is 1330. The summed E-state index contributed by atoms with van der Waals surface area (Å²) in [6.45, 7) is 7.66. The lowest BCUT2D eigenvalue weighted by atomic mass is 10.1. The number of esters is 1. The first-order valence-electron chi connectivity index (χ1n) is 11.8. The summed E-state index contributed by atoms with van der Waals surface area (Å²) in [6.07, 6.45) is 6.27. The first-order valence-corrected chi connectivity index (χ1v) is 12.6. The maximum atomic E-state index is 13.3. The Morgan fingerprint density at radius 1 is 1.25 bits per heavy atom. The van der Waals surface area contributed by atoms with E-state index in [9.17, 15) is 9.59 Å². The zero-order chi connectivity index (χ0) is 26.1. The summed E-state index contributed by atoms with van der Waals surface area (Å²) in [6, 6.07) is 9.03. The SMILES string of the molecule is C=CCc1cc(C=Nn2c(CCCC)nc3ccc(Br)cc3c2=O)cc(OC)c1OCC(=O)OCC. The minimum absolute atomic E-state index is 0.240. The van der Waals surface area contributed by atoms with Crippen LogP contribution in [0.15, 0.2) is 57.4 Å². The predicted molar refractivity (Wildman–Crippen MR) is 144 cm³/mol. The van der Waals surface area contributed by atoms with Gasteiger partial charge < -0.3 is 14.2 Å². The fraction of sp³-hybridized carbons (Fsp3) is 0.333. The van der Waals surface area contributed by atoms with Crippen molar-refractivity contribution < 1.29 is 19.0 Å². The van der Waals surface area contributed by atoms with Crippen LogP contribution in [0.2, 0.25) is 0 Å². The van der Waals surface area contributed by atoms with E-state index >= 15 is 0 Å². The molecular formula is C27H30BrN3O5. The number of carbonyl (C=O) groups is 1. The van der Waals surface area contributed by atoms with Gasteiger partial charge in [0.2, 0.25) is 0 Å². The summed E-state index contributed by atoms with van der Waals surface area (Å²) in [7, 11) is 1.52. The number of unbranched alkanes of at least 4 members (excludes halogenated alkanes) is 1. The third-order valence-electron chi connectivity index (χ3n) is 5.33. The van der Waals surface area contributed by atoms with Crippen LogP contribution < -0.4 is 15.0 Å². The lowest BCUT2D eigenvalue weighted by Crippen LogP contribution is -2.22. The summed E-state index contributed by atoms with van der Waals surface area (Å²) in [5.41, 5.74) is 1.85. The molecule has 0 atom stereocenters. The minimum atomic E-state index is -0.468. The smallest absolute Gasteiger partial charge is 0.344 e. The van der Waals surface area contributed by atoms with E-state index < -0.39 is 5.97 Å². The van der Waals surface area contributed by atoms with Crippen LogP contribution in [0, 0.1) is 0 Å². The van der Waals surface area contributed by atoms with Crippen molar-refractivity contribution in [2.45, 2.75) is 39.5 Å². The van der Waals surface area contributed by atoms with Gasteiger partial charge in [0.1, 0.15) is 5.82 Å². The molecule has 1 heterocycles. The molecule has 3 rings (SSSR count). The lowest BCUT2D eigenvalue weighted by molar-refractivity contribution is -0.145. The van der Waals surface area contributed by atoms with Crippen molar-refractivity contribution >= 4 is 39.0 Å². The molecule has 0 radical (unpaired) electrons. The molecule has 9 heteroatoms. The van der Waals surface area contributed by atoms with Gasteiger partial charge in [0.05, 0.1) is 30.8 Å². The molecule has 3 aromatic rings. The van der Waals surface area contributed by atoms with Gasteiger partial charge >= 0.3 is 5.97 Å². The maximum absolute atomic E-state index is 13.3. The number of carbonyl (C=O) groups excluding carboxylic acids is 1. The lowest BCUT2D eigenvalue weighted by Gasteiger charge is -2.15. The van der Waals surface area contributed by atoms with Gasteiger partial charge in [-0.15, -0.1) is 6.58 Å². The van der Waals surface area contributed by atoms with Crippen LogP contribution >= 0.6 is 15.9 Å². The summed E-state index contributed by atoms with van der Waals surface area (Å²) in [5.74, 6) is 0.990.